The summed E-state index contributed by atoms with van der Waals surface area (Å²) in [5, 5.41) is 2.81. The van der Waals surface area contributed by atoms with Gasteiger partial charge < -0.3 is 15.8 Å². The van der Waals surface area contributed by atoms with Crippen molar-refractivity contribution in [1.29, 1.82) is 0 Å². The molecule has 2 aliphatic rings. The summed E-state index contributed by atoms with van der Waals surface area (Å²) >= 11 is 0. The quantitative estimate of drug-likeness (QED) is 0.860. The lowest BCUT2D eigenvalue weighted by atomic mass is 9.95. The van der Waals surface area contributed by atoms with E-state index in [1.807, 2.05) is 0 Å². The number of amides is 1. The maximum atomic E-state index is 14.0. The molecule has 0 unspecified atom stereocenters. The van der Waals surface area contributed by atoms with Gasteiger partial charge in [0.1, 0.15) is 0 Å². The van der Waals surface area contributed by atoms with Gasteiger partial charge in [-0.3, -0.25) is 4.79 Å². The average Bonchev–Trinajstić information content (AvgIpc) is 2.93. The molecule has 0 aliphatic heterocycles. The standard InChI is InChI=1S/C17H23FN2O2.ClH/c18-15-9-12(7-8-16(15)22-13-4-2-5-13)20-17(21)14-6-1-3-11(14)10-19;/h7-9,11,13-14H,1-6,10,19H2,(H,20,21);1H/t11-,14-;/m1./s1. The first kappa shape index (κ1) is 18.0. The minimum absolute atomic E-state index is 0. The van der Waals surface area contributed by atoms with Crippen molar-refractivity contribution >= 4 is 24.0 Å². The molecule has 4 nitrogen and oxygen atoms in total. The van der Waals surface area contributed by atoms with Gasteiger partial charge in [-0.15, -0.1) is 12.4 Å². The van der Waals surface area contributed by atoms with Crippen molar-refractivity contribution in [1.82, 2.24) is 0 Å². The maximum absolute atomic E-state index is 14.0. The Labute approximate surface area is 142 Å². The van der Waals surface area contributed by atoms with Crippen molar-refractivity contribution in [2.75, 3.05) is 11.9 Å². The normalized spacial score (nSPS) is 23.7. The van der Waals surface area contributed by atoms with Crippen LogP contribution in [-0.2, 0) is 4.79 Å². The van der Waals surface area contributed by atoms with Crippen LogP contribution < -0.4 is 15.8 Å². The molecular weight excluding hydrogens is 319 g/mol. The van der Waals surface area contributed by atoms with Gasteiger partial charge in [-0.1, -0.05) is 6.42 Å². The number of hydrogen-bond donors (Lipinski definition) is 2. The fourth-order valence-electron chi connectivity index (χ4n) is 3.24. The second kappa shape index (κ2) is 7.97. The second-order valence-corrected chi connectivity index (χ2v) is 6.34. The molecule has 0 spiro atoms. The predicted molar refractivity (Wildman–Crippen MR) is 90.4 cm³/mol. The lowest BCUT2D eigenvalue weighted by Crippen LogP contribution is -2.29. The molecule has 3 N–H and O–H groups in total. The summed E-state index contributed by atoms with van der Waals surface area (Å²) in [6.45, 7) is 0.528. The summed E-state index contributed by atoms with van der Waals surface area (Å²) in [5.41, 5.74) is 6.19. The van der Waals surface area contributed by atoms with E-state index in [4.69, 9.17) is 10.5 Å². The van der Waals surface area contributed by atoms with Gasteiger partial charge >= 0.3 is 0 Å². The third-order valence-electron chi connectivity index (χ3n) is 4.84. The van der Waals surface area contributed by atoms with Crippen molar-refractivity contribution in [3.05, 3.63) is 24.0 Å². The van der Waals surface area contributed by atoms with E-state index in [2.05, 4.69) is 5.32 Å². The first-order valence-corrected chi connectivity index (χ1v) is 8.14. The molecule has 128 valence electrons. The number of carbonyl (C=O) groups excluding carboxylic acids is 1. The van der Waals surface area contributed by atoms with Crippen LogP contribution in [0.2, 0.25) is 0 Å². The summed E-state index contributed by atoms with van der Waals surface area (Å²) in [7, 11) is 0. The lowest BCUT2D eigenvalue weighted by molar-refractivity contribution is -0.120. The molecule has 0 radical (unpaired) electrons. The highest BCUT2D eigenvalue weighted by Crippen LogP contribution is 2.32. The Kier molecular flexibility index (Phi) is 6.25. The van der Waals surface area contributed by atoms with E-state index >= 15 is 0 Å². The van der Waals surface area contributed by atoms with Crippen molar-refractivity contribution < 1.29 is 13.9 Å². The minimum Gasteiger partial charge on any atom is -0.487 e. The number of ether oxygens (including phenoxy) is 1. The first-order valence-electron chi connectivity index (χ1n) is 8.14. The van der Waals surface area contributed by atoms with Crippen LogP contribution in [0.5, 0.6) is 5.75 Å². The Morgan fingerprint density at radius 1 is 1.26 bits per heavy atom. The molecule has 2 saturated carbocycles. The van der Waals surface area contributed by atoms with Gasteiger partial charge in [-0.05, 0) is 56.7 Å². The van der Waals surface area contributed by atoms with Gasteiger partial charge in [-0.2, -0.15) is 0 Å². The van der Waals surface area contributed by atoms with E-state index in [1.54, 1.807) is 12.1 Å². The Morgan fingerprint density at radius 3 is 2.61 bits per heavy atom. The van der Waals surface area contributed by atoms with Gasteiger partial charge in [0, 0.05) is 17.7 Å². The average molecular weight is 343 g/mol. The number of nitrogens with two attached hydrogens (primary N) is 1. The molecule has 2 atom stereocenters. The summed E-state index contributed by atoms with van der Waals surface area (Å²) in [4.78, 5) is 12.3. The van der Waals surface area contributed by atoms with Crippen LogP contribution in [-0.4, -0.2) is 18.6 Å². The molecule has 2 aliphatic carbocycles. The Bertz CT molecular complexity index is 551. The molecule has 0 saturated heterocycles. The number of anilines is 1. The lowest BCUT2D eigenvalue weighted by Gasteiger charge is -2.26. The second-order valence-electron chi connectivity index (χ2n) is 6.34. The fourth-order valence-corrected chi connectivity index (χ4v) is 3.24. The number of halogens is 2. The topological polar surface area (TPSA) is 64.4 Å². The molecule has 1 aromatic carbocycles. The first-order chi connectivity index (χ1) is 10.7. The third kappa shape index (κ3) is 4.15. The van der Waals surface area contributed by atoms with Crippen LogP contribution in [0, 0.1) is 17.7 Å². The smallest absolute Gasteiger partial charge is 0.227 e. The fraction of sp³-hybridized carbons (Fsp3) is 0.588. The predicted octanol–water partition coefficient (Wildman–Crippen LogP) is 3.49. The molecule has 6 heteroatoms. The monoisotopic (exact) mass is 342 g/mol. The van der Waals surface area contributed by atoms with Crippen molar-refractivity contribution in [2.45, 2.75) is 44.6 Å². The van der Waals surface area contributed by atoms with E-state index in [1.165, 1.54) is 6.07 Å². The molecule has 3 rings (SSSR count). The molecule has 1 amide bonds. The number of benzene rings is 1. The zero-order valence-electron chi connectivity index (χ0n) is 13.1. The van der Waals surface area contributed by atoms with Crippen LogP contribution in [0.3, 0.4) is 0 Å². The third-order valence-corrected chi connectivity index (χ3v) is 4.84. The summed E-state index contributed by atoms with van der Waals surface area (Å²) < 4.78 is 19.6. The molecule has 0 bridgehead atoms. The Balaban J connectivity index is 0.00000192. The van der Waals surface area contributed by atoms with Crippen molar-refractivity contribution in [3.63, 3.8) is 0 Å². The van der Waals surface area contributed by atoms with Gasteiger partial charge in [0.2, 0.25) is 5.91 Å². The van der Waals surface area contributed by atoms with E-state index in [9.17, 15) is 9.18 Å². The number of nitrogens with one attached hydrogen (secondary N) is 1. The number of carbonyl (C=O) groups is 1. The zero-order chi connectivity index (χ0) is 15.5. The summed E-state index contributed by atoms with van der Waals surface area (Å²) in [5.74, 6) is -0.0278. The van der Waals surface area contributed by atoms with E-state index in [-0.39, 0.29) is 42.0 Å². The molecule has 1 aromatic rings. The zero-order valence-corrected chi connectivity index (χ0v) is 13.9. The van der Waals surface area contributed by atoms with Gasteiger partial charge in [-0.25, -0.2) is 4.39 Å². The highest BCUT2D eigenvalue weighted by molar-refractivity contribution is 5.93. The van der Waals surface area contributed by atoms with Gasteiger partial charge in [0.15, 0.2) is 11.6 Å². The van der Waals surface area contributed by atoms with Crippen LogP contribution in [0.1, 0.15) is 38.5 Å². The Morgan fingerprint density at radius 2 is 2.00 bits per heavy atom. The largest absolute Gasteiger partial charge is 0.487 e. The maximum Gasteiger partial charge on any atom is 0.227 e. The molecule has 2 fully saturated rings. The van der Waals surface area contributed by atoms with Gasteiger partial charge in [0.05, 0.1) is 6.10 Å². The Hall–Kier alpha value is -1.33. The summed E-state index contributed by atoms with van der Waals surface area (Å²) in [6.07, 6.45) is 6.14. The molecule has 0 aromatic heterocycles. The van der Waals surface area contributed by atoms with E-state index in [0.717, 1.165) is 38.5 Å². The highest BCUT2D eigenvalue weighted by atomic mass is 35.5. The molecular formula is C17H24ClFN2O2. The summed E-state index contributed by atoms with van der Waals surface area (Å²) in [6, 6.07) is 4.62. The highest BCUT2D eigenvalue weighted by Gasteiger charge is 2.32. The van der Waals surface area contributed by atoms with E-state index in [0.29, 0.717) is 12.2 Å². The van der Waals surface area contributed by atoms with Crippen molar-refractivity contribution in [3.8, 4) is 5.75 Å². The SMILES string of the molecule is Cl.NC[C@H]1CCC[C@H]1C(=O)Nc1ccc(OC2CCC2)c(F)c1. The van der Waals surface area contributed by atoms with Crippen LogP contribution in [0.25, 0.3) is 0 Å². The number of hydrogen-bond acceptors (Lipinski definition) is 3. The number of rotatable bonds is 5. The minimum atomic E-state index is -0.425. The van der Waals surface area contributed by atoms with Gasteiger partial charge in [0.25, 0.3) is 0 Å². The molecule has 0 heterocycles. The van der Waals surface area contributed by atoms with Crippen LogP contribution >= 0.6 is 12.4 Å². The molecule has 23 heavy (non-hydrogen) atoms. The van der Waals surface area contributed by atoms with Crippen LogP contribution in [0.15, 0.2) is 18.2 Å². The van der Waals surface area contributed by atoms with Crippen molar-refractivity contribution in [2.24, 2.45) is 17.6 Å². The van der Waals surface area contributed by atoms with E-state index < -0.39 is 5.82 Å². The van der Waals surface area contributed by atoms with Crippen LogP contribution in [0.4, 0.5) is 10.1 Å².